The number of hydroxylamine groups is 1. The molecule has 7 nitrogen and oxygen atoms in total. The van der Waals surface area contributed by atoms with Gasteiger partial charge in [0, 0.05) is 11.1 Å². The van der Waals surface area contributed by atoms with Crippen molar-refractivity contribution in [2.45, 2.75) is 6.54 Å². The maximum atomic E-state index is 13.3. The van der Waals surface area contributed by atoms with Gasteiger partial charge in [0.2, 0.25) is 0 Å². The van der Waals surface area contributed by atoms with E-state index in [9.17, 15) is 9.59 Å². The molecule has 30 heavy (non-hydrogen) atoms. The summed E-state index contributed by atoms with van der Waals surface area (Å²) < 4.78 is 6.86. The van der Waals surface area contributed by atoms with Crippen molar-refractivity contribution in [2.24, 2.45) is 0 Å². The second kappa shape index (κ2) is 8.18. The van der Waals surface area contributed by atoms with Gasteiger partial charge in [0.25, 0.3) is 11.5 Å². The zero-order valence-corrected chi connectivity index (χ0v) is 16.2. The first kappa shape index (κ1) is 19.4. The van der Waals surface area contributed by atoms with Crippen LogP contribution in [0, 0.1) is 0 Å². The Kier molecular flexibility index (Phi) is 5.28. The van der Waals surface area contributed by atoms with Crippen molar-refractivity contribution in [1.29, 1.82) is 0 Å². The van der Waals surface area contributed by atoms with E-state index in [2.05, 4.69) is 4.98 Å². The number of benzene rings is 3. The average molecular weight is 401 g/mol. The van der Waals surface area contributed by atoms with Gasteiger partial charge in [-0.15, -0.1) is 0 Å². The summed E-state index contributed by atoms with van der Waals surface area (Å²) >= 11 is 0. The summed E-state index contributed by atoms with van der Waals surface area (Å²) in [5, 5.41) is 8.76. The van der Waals surface area contributed by atoms with E-state index in [-0.39, 0.29) is 5.56 Å². The van der Waals surface area contributed by atoms with E-state index in [1.54, 1.807) is 53.6 Å². The van der Waals surface area contributed by atoms with Crippen molar-refractivity contribution in [2.75, 3.05) is 7.11 Å². The summed E-state index contributed by atoms with van der Waals surface area (Å²) in [7, 11) is 1.59. The van der Waals surface area contributed by atoms with Gasteiger partial charge in [0.1, 0.15) is 11.4 Å². The third-order valence-electron chi connectivity index (χ3n) is 4.87. The van der Waals surface area contributed by atoms with Gasteiger partial charge in [-0.1, -0.05) is 24.3 Å². The fraction of sp³-hybridized carbons (Fsp3) is 0.0870. The normalized spacial score (nSPS) is 10.7. The summed E-state index contributed by atoms with van der Waals surface area (Å²) in [4.78, 5) is 29.5. The lowest BCUT2D eigenvalue weighted by atomic mass is 10.1. The van der Waals surface area contributed by atoms with E-state index < -0.39 is 5.91 Å². The SMILES string of the molecule is COc1ccc(-c2nc3ccccc3n(Cc3ccc(C(=O)NO)cc3)c2=O)cc1. The highest BCUT2D eigenvalue weighted by molar-refractivity contribution is 5.93. The summed E-state index contributed by atoms with van der Waals surface area (Å²) in [5.41, 5.74) is 5.04. The van der Waals surface area contributed by atoms with Gasteiger partial charge in [-0.2, -0.15) is 0 Å². The van der Waals surface area contributed by atoms with Crippen LogP contribution in [0.5, 0.6) is 5.75 Å². The van der Waals surface area contributed by atoms with Crippen molar-refractivity contribution in [3.63, 3.8) is 0 Å². The Hall–Kier alpha value is -3.97. The Balaban J connectivity index is 1.81. The van der Waals surface area contributed by atoms with Gasteiger partial charge < -0.3 is 9.30 Å². The molecule has 0 saturated heterocycles. The van der Waals surface area contributed by atoms with Crippen molar-refractivity contribution < 1.29 is 14.7 Å². The highest BCUT2D eigenvalue weighted by Gasteiger charge is 2.14. The fourth-order valence-corrected chi connectivity index (χ4v) is 3.30. The predicted octanol–water partition coefficient (Wildman–Crippen LogP) is 3.24. The molecule has 2 N–H and O–H groups in total. The number of hydrogen-bond acceptors (Lipinski definition) is 5. The number of methoxy groups -OCH3 is 1. The smallest absolute Gasteiger partial charge is 0.277 e. The molecule has 4 aromatic rings. The summed E-state index contributed by atoms with van der Waals surface area (Å²) in [6.07, 6.45) is 0. The number of fused-ring (bicyclic) bond motifs is 1. The number of ether oxygens (including phenoxy) is 1. The summed E-state index contributed by atoms with van der Waals surface area (Å²) in [5.74, 6) is 0.113. The molecule has 0 bridgehead atoms. The first-order chi connectivity index (χ1) is 14.6. The van der Waals surface area contributed by atoms with E-state index >= 15 is 0 Å². The number of hydrogen-bond donors (Lipinski definition) is 2. The molecule has 0 aliphatic rings. The minimum absolute atomic E-state index is 0.212. The van der Waals surface area contributed by atoms with E-state index in [1.165, 1.54) is 0 Å². The average Bonchev–Trinajstić information content (AvgIpc) is 2.80. The molecular formula is C23H19N3O4. The van der Waals surface area contributed by atoms with Crippen LogP contribution in [0.2, 0.25) is 0 Å². The van der Waals surface area contributed by atoms with Crippen molar-refractivity contribution in [1.82, 2.24) is 15.0 Å². The lowest BCUT2D eigenvalue weighted by Crippen LogP contribution is -2.24. The lowest BCUT2D eigenvalue weighted by Gasteiger charge is -2.13. The molecule has 0 radical (unpaired) electrons. The minimum atomic E-state index is -0.588. The van der Waals surface area contributed by atoms with Crippen LogP contribution < -0.4 is 15.8 Å². The first-order valence-electron chi connectivity index (χ1n) is 9.28. The molecule has 0 atom stereocenters. The van der Waals surface area contributed by atoms with Crippen LogP contribution in [0.4, 0.5) is 0 Å². The molecule has 1 heterocycles. The Morgan fingerprint density at radius 1 is 1.03 bits per heavy atom. The largest absolute Gasteiger partial charge is 0.497 e. The van der Waals surface area contributed by atoms with Crippen LogP contribution in [-0.2, 0) is 6.54 Å². The number of nitrogens with one attached hydrogen (secondary N) is 1. The second-order valence-electron chi connectivity index (χ2n) is 6.71. The van der Waals surface area contributed by atoms with Gasteiger partial charge >= 0.3 is 0 Å². The zero-order valence-electron chi connectivity index (χ0n) is 16.2. The third kappa shape index (κ3) is 3.66. The topological polar surface area (TPSA) is 93.5 Å². The number of carbonyl (C=O) groups is 1. The van der Waals surface area contributed by atoms with E-state index in [0.717, 1.165) is 11.1 Å². The highest BCUT2D eigenvalue weighted by Crippen LogP contribution is 2.21. The molecule has 0 fully saturated rings. The standard InChI is InChI=1S/C23H19N3O4/c1-30-18-12-10-16(11-13-18)21-23(28)26(20-5-3-2-4-19(20)24-21)14-15-6-8-17(9-7-15)22(27)25-29/h2-13,29H,14H2,1H3,(H,25,27). The molecule has 1 amide bonds. The van der Waals surface area contributed by atoms with Gasteiger partial charge in [0.15, 0.2) is 0 Å². The van der Waals surface area contributed by atoms with E-state index in [1.807, 2.05) is 36.4 Å². The number of rotatable bonds is 5. The monoisotopic (exact) mass is 401 g/mol. The van der Waals surface area contributed by atoms with Crippen LogP contribution in [0.25, 0.3) is 22.3 Å². The third-order valence-corrected chi connectivity index (χ3v) is 4.87. The number of carbonyl (C=O) groups excluding carboxylic acids is 1. The fourth-order valence-electron chi connectivity index (χ4n) is 3.30. The Morgan fingerprint density at radius 3 is 2.40 bits per heavy atom. The Morgan fingerprint density at radius 2 is 1.73 bits per heavy atom. The van der Waals surface area contributed by atoms with Crippen LogP contribution in [-0.4, -0.2) is 27.8 Å². The number of aromatic nitrogens is 2. The Labute approximate surface area is 172 Å². The maximum absolute atomic E-state index is 13.3. The molecule has 3 aromatic carbocycles. The van der Waals surface area contributed by atoms with Crippen LogP contribution >= 0.6 is 0 Å². The molecular weight excluding hydrogens is 382 g/mol. The van der Waals surface area contributed by atoms with E-state index in [0.29, 0.717) is 34.6 Å². The van der Waals surface area contributed by atoms with Crippen LogP contribution in [0.3, 0.4) is 0 Å². The van der Waals surface area contributed by atoms with Crippen molar-refractivity contribution in [3.8, 4) is 17.0 Å². The minimum Gasteiger partial charge on any atom is -0.497 e. The molecule has 4 rings (SSSR count). The molecule has 0 spiro atoms. The predicted molar refractivity (Wildman–Crippen MR) is 113 cm³/mol. The van der Waals surface area contributed by atoms with Gasteiger partial charge in [-0.3, -0.25) is 14.8 Å². The van der Waals surface area contributed by atoms with Crippen LogP contribution in [0.1, 0.15) is 15.9 Å². The van der Waals surface area contributed by atoms with Crippen molar-refractivity contribution >= 4 is 16.9 Å². The molecule has 0 unspecified atom stereocenters. The zero-order chi connectivity index (χ0) is 21.1. The van der Waals surface area contributed by atoms with Gasteiger partial charge in [-0.05, 0) is 54.1 Å². The maximum Gasteiger partial charge on any atom is 0.277 e. The molecule has 0 saturated carbocycles. The van der Waals surface area contributed by atoms with Gasteiger partial charge in [-0.25, -0.2) is 10.5 Å². The quantitative estimate of drug-likeness (QED) is 0.396. The first-order valence-corrected chi connectivity index (χ1v) is 9.28. The summed E-state index contributed by atoms with van der Waals surface area (Å²) in [6.45, 7) is 0.312. The molecule has 0 aliphatic heterocycles. The number of para-hydroxylation sites is 2. The summed E-state index contributed by atoms with van der Waals surface area (Å²) in [6, 6.07) is 21.4. The molecule has 7 heteroatoms. The lowest BCUT2D eigenvalue weighted by molar-refractivity contribution is 0.0706. The number of amides is 1. The number of nitrogens with zero attached hydrogens (tertiary/aromatic N) is 2. The van der Waals surface area contributed by atoms with Crippen molar-refractivity contribution in [3.05, 3.63) is 94.3 Å². The molecule has 150 valence electrons. The highest BCUT2D eigenvalue weighted by atomic mass is 16.5. The Bertz CT molecular complexity index is 1260. The van der Waals surface area contributed by atoms with Crippen LogP contribution in [0.15, 0.2) is 77.6 Å². The molecule has 0 aliphatic carbocycles. The second-order valence-corrected chi connectivity index (χ2v) is 6.71. The van der Waals surface area contributed by atoms with E-state index in [4.69, 9.17) is 9.94 Å². The molecule has 1 aromatic heterocycles. The van der Waals surface area contributed by atoms with Gasteiger partial charge in [0.05, 0.1) is 24.7 Å².